The van der Waals surface area contributed by atoms with Crippen LogP contribution in [0.25, 0.3) is 0 Å². The molecule has 1 fully saturated rings. The van der Waals surface area contributed by atoms with Gasteiger partial charge >= 0.3 is 6.09 Å². The second kappa shape index (κ2) is 8.97. The molecule has 7 nitrogen and oxygen atoms in total. The average Bonchev–Trinajstić information content (AvgIpc) is 2.68. The molecule has 0 aliphatic heterocycles. The Kier molecular flexibility index (Phi) is 6.39. The van der Waals surface area contributed by atoms with Gasteiger partial charge in [0.1, 0.15) is 6.07 Å². The Bertz CT molecular complexity index is 963. The van der Waals surface area contributed by atoms with E-state index in [-0.39, 0.29) is 29.3 Å². The molecule has 152 valence electrons. The lowest BCUT2D eigenvalue weighted by atomic mass is 9.90. The number of hydrogen-bond acceptors (Lipinski definition) is 5. The van der Waals surface area contributed by atoms with E-state index in [1.54, 1.807) is 12.1 Å². The van der Waals surface area contributed by atoms with Crippen LogP contribution in [-0.2, 0) is 0 Å². The van der Waals surface area contributed by atoms with Crippen LogP contribution in [0.4, 0.5) is 26.5 Å². The van der Waals surface area contributed by atoms with Crippen LogP contribution in [0.2, 0.25) is 5.02 Å². The monoisotopic (exact) mass is 417 g/mol. The van der Waals surface area contributed by atoms with Crippen molar-refractivity contribution >= 4 is 35.0 Å². The number of halogens is 2. The number of carboxylic acid groups (broad SMARTS) is 1. The Balaban J connectivity index is 1.87. The molecule has 1 aliphatic rings. The molecular weight excluding hydrogens is 397 g/mol. The summed E-state index contributed by atoms with van der Waals surface area (Å²) in [6, 6.07) is 7.71. The van der Waals surface area contributed by atoms with E-state index < -0.39 is 11.9 Å². The van der Waals surface area contributed by atoms with Gasteiger partial charge < -0.3 is 21.1 Å². The summed E-state index contributed by atoms with van der Waals surface area (Å²) in [6.45, 7) is 1.87. The van der Waals surface area contributed by atoms with Crippen molar-refractivity contribution in [3.63, 3.8) is 0 Å². The number of benzene rings is 1. The summed E-state index contributed by atoms with van der Waals surface area (Å²) in [5, 5.41) is 27.4. The molecule has 1 aromatic carbocycles. The second-order valence-corrected chi connectivity index (χ2v) is 7.41. The number of anilines is 3. The Labute approximate surface area is 172 Å². The SMILES string of the molecule is Cc1ccc(Nc2nc(N[C@@H]3CCCC[C@@H]3NC(=O)O)c(F)cc2C#N)cc1Cl. The maximum absolute atomic E-state index is 14.6. The largest absolute Gasteiger partial charge is 0.465 e. The molecule has 1 saturated carbocycles. The summed E-state index contributed by atoms with van der Waals surface area (Å²) in [5.41, 5.74) is 1.57. The van der Waals surface area contributed by atoms with E-state index >= 15 is 0 Å². The van der Waals surface area contributed by atoms with Crippen molar-refractivity contribution in [2.75, 3.05) is 10.6 Å². The van der Waals surface area contributed by atoms with Crippen LogP contribution >= 0.6 is 11.6 Å². The molecule has 1 aromatic heterocycles. The number of nitrogens with one attached hydrogen (secondary N) is 3. The molecule has 29 heavy (non-hydrogen) atoms. The molecule has 1 aliphatic carbocycles. The number of hydrogen-bond donors (Lipinski definition) is 4. The number of nitrogens with zero attached hydrogens (tertiary/aromatic N) is 2. The first kappa shape index (κ1) is 20.7. The van der Waals surface area contributed by atoms with E-state index in [0.717, 1.165) is 24.5 Å². The summed E-state index contributed by atoms with van der Waals surface area (Å²) in [7, 11) is 0. The molecule has 0 bridgehead atoms. The summed E-state index contributed by atoms with van der Waals surface area (Å²) in [6.07, 6.45) is 2.03. The Morgan fingerprint density at radius 1 is 1.28 bits per heavy atom. The lowest BCUT2D eigenvalue weighted by Crippen LogP contribution is -2.48. The van der Waals surface area contributed by atoms with Crippen molar-refractivity contribution in [2.45, 2.75) is 44.7 Å². The average molecular weight is 418 g/mol. The fraction of sp³-hybridized carbons (Fsp3) is 0.350. The maximum Gasteiger partial charge on any atom is 0.404 e. The van der Waals surface area contributed by atoms with Gasteiger partial charge in [-0.2, -0.15) is 5.26 Å². The van der Waals surface area contributed by atoms with Crippen LogP contribution in [0, 0.1) is 24.1 Å². The molecule has 1 amide bonds. The standard InChI is InChI=1S/C20H21ClFN5O2/c1-11-6-7-13(9-14(11)21)24-18-12(10-23)8-15(22)19(27-18)25-16-4-2-3-5-17(16)26-20(28)29/h6-9,16-17,26H,2-5H2,1H3,(H,28,29)(H2,24,25,27)/t16-,17+/m1/s1. The minimum Gasteiger partial charge on any atom is -0.465 e. The minimum absolute atomic E-state index is 0.0335. The lowest BCUT2D eigenvalue weighted by molar-refractivity contribution is 0.184. The quantitative estimate of drug-likeness (QED) is 0.556. The van der Waals surface area contributed by atoms with Crippen LogP contribution < -0.4 is 16.0 Å². The number of aromatic nitrogens is 1. The zero-order valence-corrected chi connectivity index (χ0v) is 16.6. The second-order valence-electron chi connectivity index (χ2n) is 7.01. The third-order valence-electron chi connectivity index (χ3n) is 4.93. The number of rotatable bonds is 5. The summed E-state index contributed by atoms with van der Waals surface area (Å²) < 4.78 is 14.6. The molecule has 0 unspecified atom stereocenters. The minimum atomic E-state index is -1.12. The topological polar surface area (TPSA) is 110 Å². The highest BCUT2D eigenvalue weighted by Gasteiger charge is 2.28. The van der Waals surface area contributed by atoms with Crippen molar-refractivity contribution in [1.82, 2.24) is 10.3 Å². The highest BCUT2D eigenvalue weighted by atomic mass is 35.5. The number of pyridine rings is 1. The lowest BCUT2D eigenvalue weighted by Gasteiger charge is -2.32. The fourth-order valence-corrected chi connectivity index (χ4v) is 3.57. The summed E-state index contributed by atoms with van der Waals surface area (Å²) in [4.78, 5) is 15.3. The highest BCUT2D eigenvalue weighted by Crippen LogP contribution is 2.28. The molecule has 0 spiro atoms. The molecule has 2 atom stereocenters. The first-order chi connectivity index (χ1) is 13.9. The molecule has 1 heterocycles. The first-order valence-corrected chi connectivity index (χ1v) is 9.65. The van der Waals surface area contributed by atoms with Crippen molar-refractivity contribution in [1.29, 1.82) is 5.26 Å². The van der Waals surface area contributed by atoms with Gasteiger partial charge in [-0.1, -0.05) is 30.5 Å². The van der Waals surface area contributed by atoms with Crippen LogP contribution in [0.5, 0.6) is 0 Å². The van der Waals surface area contributed by atoms with Gasteiger partial charge in [0.25, 0.3) is 0 Å². The van der Waals surface area contributed by atoms with Crippen molar-refractivity contribution in [2.24, 2.45) is 0 Å². The zero-order valence-electron chi connectivity index (χ0n) is 15.8. The van der Waals surface area contributed by atoms with Crippen molar-refractivity contribution < 1.29 is 14.3 Å². The van der Waals surface area contributed by atoms with Crippen molar-refractivity contribution in [3.8, 4) is 6.07 Å². The van der Waals surface area contributed by atoms with Gasteiger partial charge in [-0.15, -0.1) is 0 Å². The van der Waals surface area contributed by atoms with Gasteiger partial charge in [0.05, 0.1) is 11.6 Å². The van der Waals surface area contributed by atoms with Crippen LogP contribution in [0.1, 0.15) is 36.8 Å². The van der Waals surface area contributed by atoms with Crippen LogP contribution in [0.15, 0.2) is 24.3 Å². The van der Waals surface area contributed by atoms with E-state index in [9.17, 15) is 14.4 Å². The zero-order chi connectivity index (χ0) is 21.0. The predicted octanol–water partition coefficient (Wildman–Crippen LogP) is 4.79. The maximum atomic E-state index is 14.6. The molecule has 4 N–H and O–H groups in total. The third-order valence-corrected chi connectivity index (χ3v) is 5.34. The highest BCUT2D eigenvalue weighted by molar-refractivity contribution is 6.31. The van der Waals surface area contributed by atoms with Crippen LogP contribution in [0.3, 0.4) is 0 Å². The number of amides is 1. The number of aryl methyl sites for hydroxylation is 1. The van der Waals surface area contributed by atoms with E-state index in [1.165, 1.54) is 0 Å². The van der Waals surface area contributed by atoms with Gasteiger partial charge in [-0.3, -0.25) is 0 Å². The smallest absolute Gasteiger partial charge is 0.404 e. The Morgan fingerprint density at radius 3 is 2.66 bits per heavy atom. The van der Waals surface area contributed by atoms with Gasteiger partial charge in [-0.05, 0) is 43.5 Å². The van der Waals surface area contributed by atoms with E-state index in [4.69, 9.17) is 16.7 Å². The molecule has 9 heteroatoms. The number of nitriles is 1. The third kappa shape index (κ3) is 5.06. The summed E-state index contributed by atoms with van der Waals surface area (Å²) in [5.74, 6) is -0.516. The van der Waals surface area contributed by atoms with Gasteiger partial charge in [0, 0.05) is 16.8 Å². The van der Waals surface area contributed by atoms with E-state index in [1.807, 2.05) is 19.1 Å². The Hall–Kier alpha value is -3.05. The summed E-state index contributed by atoms with van der Waals surface area (Å²) >= 11 is 6.14. The Morgan fingerprint density at radius 2 is 2.00 bits per heavy atom. The first-order valence-electron chi connectivity index (χ1n) is 9.27. The molecule has 0 radical (unpaired) electrons. The number of carbonyl (C=O) groups is 1. The normalized spacial score (nSPS) is 18.6. The van der Waals surface area contributed by atoms with Crippen LogP contribution in [-0.4, -0.2) is 28.3 Å². The van der Waals surface area contributed by atoms with Gasteiger partial charge in [0.2, 0.25) is 0 Å². The van der Waals surface area contributed by atoms with Crippen molar-refractivity contribution in [3.05, 3.63) is 46.2 Å². The van der Waals surface area contributed by atoms with E-state index in [0.29, 0.717) is 23.6 Å². The molecule has 0 saturated heterocycles. The molecule has 3 rings (SSSR count). The fourth-order valence-electron chi connectivity index (χ4n) is 3.39. The molecular formula is C20H21ClFN5O2. The molecule has 2 aromatic rings. The van der Waals surface area contributed by atoms with Gasteiger partial charge in [-0.25, -0.2) is 14.2 Å². The van der Waals surface area contributed by atoms with Gasteiger partial charge in [0.15, 0.2) is 17.5 Å². The predicted molar refractivity (Wildman–Crippen MR) is 109 cm³/mol. The van der Waals surface area contributed by atoms with E-state index in [2.05, 4.69) is 20.9 Å².